The summed E-state index contributed by atoms with van der Waals surface area (Å²) in [7, 11) is 0. The third-order valence-electron chi connectivity index (χ3n) is 3.64. The number of hydrogen-bond donors (Lipinski definition) is 2. The molecule has 0 radical (unpaired) electrons. The molecule has 1 aliphatic rings. The zero-order valence-electron chi connectivity index (χ0n) is 12.3. The fourth-order valence-corrected chi connectivity index (χ4v) is 3.78. The largest absolute Gasteiger partial charge is 0.365 e. The molecule has 0 atom stereocenters. The lowest BCUT2D eigenvalue weighted by atomic mass is 10.0. The normalized spacial score (nSPS) is 13.5. The third kappa shape index (κ3) is 2.82. The van der Waals surface area contributed by atoms with Gasteiger partial charge in [-0.3, -0.25) is 14.4 Å². The summed E-state index contributed by atoms with van der Waals surface area (Å²) in [5, 5.41) is 6.48. The number of nitrogens with one attached hydrogen (secondary N) is 1. The minimum Gasteiger partial charge on any atom is -0.365 e. The van der Waals surface area contributed by atoms with Crippen LogP contribution in [0, 0.1) is 0 Å². The molecule has 2 aromatic heterocycles. The number of nitrogens with zero attached hydrogens (tertiary/aromatic N) is 2. The van der Waals surface area contributed by atoms with Crippen LogP contribution in [0.2, 0.25) is 0 Å². The zero-order valence-corrected chi connectivity index (χ0v) is 13.1. The highest BCUT2D eigenvalue weighted by molar-refractivity contribution is 7.17. The van der Waals surface area contributed by atoms with E-state index in [2.05, 4.69) is 10.5 Å². The van der Waals surface area contributed by atoms with Crippen molar-refractivity contribution in [3.8, 4) is 0 Å². The average molecular weight is 334 g/mol. The molecular formula is C14H14N4O4S. The Bertz CT molecular complexity index is 781. The number of amides is 3. The fourth-order valence-electron chi connectivity index (χ4n) is 2.52. The Morgan fingerprint density at radius 1 is 1.43 bits per heavy atom. The van der Waals surface area contributed by atoms with Crippen LogP contribution >= 0.6 is 11.3 Å². The number of hydrogen-bond acceptors (Lipinski definition) is 6. The summed E-state index contributed by atoms with van der Waals surface area (Å²) in [5.41, 5.74) is 6.58. The van der Waals surface area contributed by atoms with Crippen molar-refractivity contribution in [3.05, 3.63) is 34.0 Å². The molecule has 9 heteroatoms. The highest BCUT2D eigenvalue weighted by atomic mass is 32.1. The molecule has 3 N–H and O–H groups in total. The molecule has 0 unspecified atom stereocenters. The highest BCUT2D eigenvalue weighted by Crippen LogP contribution is 2.37. The van der Waals surface area contributed by atoms with E-state index in [0.717, 1.165) is 10.4 Å². The first-order chi connectivity index (χ1) is 11.0. The number of aromatic nitrogens is 1. The van der Waals surface area contributed by atoms with Gasteiger partial charge in [-0.15, -0.1) is 11.3 Å². The molecular weight excluding hydrogens is 320 g/mol. The number of nitrogens with two attached hydrogens (primary N) is 1. The fraction of sp³-hybridized carbons (Fsp3) is 0.286. The van der Waals surface area contributed by atoms with Crippen molar-refractivity contribution < 1.29 is 18.9 Å². The summed E-state index contributed by atoms with van der Waals surface area (Å²) in [6.07, 6.45) is 1.88. The molecule has 8 nitrogen and oxygen atoms in total. The minimum atomic E-state index is -0.605. The highest BCUT2D eigenvalue weighted by Gasteiger charge is 2.29. The first-order valence-corrected chi connectivity index (χ1v) is 7.71. The smallest absolute Gasteiger partial charge is 0.294 e. The maximum Gasteiger partial charge on any atom is 0.294 e. The summed E-state index contributed by atoms with van der Waals surface area (Å²) in [5.74, 6) is -1.10. The quantitative estimate of drug-likeness (QED) is 0.867. The molecule has 0 saturated carbocycles. The molecule has 23 heavy (non-hydrogen) atoms. The Morgan fingerprint density at radius 3 is 2.83 bits per heavy atom. The second kappa shape index (κ2) is 5.84. The first kappa shape index (κ1) is 15.2. The van der Waals surface area contributed by atoms with Crippen LogP contribution in [0.25, 0.3) is 0 Å². The first-order valence-electron chi connectivity index (χ1n) is 6.89. The van der Waals surface area contributed by atoms with Crippen molar-refractivity contribution in [1.29, 1.82) is 0 Å². The summed E-state index contributed by atoms with van der Waals surface area (Å²) in [4.78, 5) is 37.9. The minimum absolute atomic E-state index is 0.0306. The maximum atomic E-state index is 12.1. The summed E-state index contributed by atoms with van der Waals surface area (Å²) in [6, 6.07) is 1.42. The molecule has 2 aromatic rings. The number of primary amides is 1. The number of carbonyl (C=O) groups is 3. The Balaban J connectivity index is 1.93. The van der Waals surface area contributed by atoms with Gasteiger partial charge in [0.2, 0.25) is 11.7 Å². The molecule has 3 heterocycles. The van der Waals surface area contributed by atoms with E-state index in [9.17, 15) is 14.4 Å². The lowest BCUT2D eigenvalue weighted by molar-refractivity contribution is -0.129. The Kier molecular flexibility index (Phi) is 3.87. The van der Waals surface area contributed by atoms with Gasteiger partial charge in [0.25, 0.3) is 11.8 Å². The predicted octanol–water partition coefficient (Wildman–Crippen LogP) is 0.992. The summed E-state index contributed by atoms with van der Waals surface area (Å²) < 4.78 is 4.79. The molecule has 120 valence electrons. The van der Waals surface area contributed by atoms with E-state index in [4.69, 9.17) is 10.3 Å². The molecule has 3 rings (SSSR count). The lowest BCUT2D eigenvalue weighted by Crippen LogP contribution is -2.34. The van der Waals surface area contributed by atoms with E-state index in [0.29, 0.717) is 30.1 Å². The number of carbonyl (C=O) groups excluding carboxylic acids is 3. The number of anilines is 1. The van der Waals surface area contributed by atoms with Crippen LogP contribution in [0.15, 0.2) is 16.8 Å². The Hall–Kier alpha value is -2.68. The van der Waals surface area contributed by atoms with Gasteiger partial charge in [-0.1, -0.05) is 5.16 Å². The van der Waals surface area contributed by atoms with Crippen LogP contribution in [0.1, 0.15) is 38.3 Å². The van der Waals surface area contributed by atoms with Crippen molar-refractivity contribution in [2.45, 2.75) is 19.9 Å². The Morgan fingerprint density at radius 2 is 2.22 bits per heavy atom. The van der Waals surface area contributed by atoms with E-state index in [-0.39, 0.29) is 11.7 Å². The van der Waals surface area contributed by atoms with Gasteiger partial charge < -0.3 is 20.5 Å². The van der Waals surface area contributed by atoms with Crippen LogP contribution < -0.4 is 11.1 Å². The van der Waals surface area contributed by atoms with Gasteiger partial charge in [0.15, 0.2) is 0 Å². The van der Waals surface area contributed by atoms with Gasteiger partial charge in [0.1, 0.15) is 5.00 Å². The van der Waals surface area contributed by atoms with Crippen molar-refractivity contribution in [2.24, 2.45) is 5.73 Å². The van der Waals surface area contributed by atoms with Gasteiger partial charge in [-0.2, -0.15) is 0 Å². The van der Waals surface area contributed by atoms with Crippen molar-refractivity contribution in [2.75, 3.05) is 11.9 Å². The van der Waals surface area contributed by atoms with E-state index >= 15 is 0 Å². The summed E-state index contributed by atoms with van der Waals surface area (Å²) >= 11 is 1.25. The number of thiophene rings is 1. The van der Waals surface area contributed by atoms with Crippen molar-refractivity contribution >= 4 is 34.1 Å². The standard InChI is InChI=1S/C14H14N4O4S/c1-7(19)18-5-3-8-10(6-18)23-14(11(8)12(15)20)17-13(21)9-2-4-16-22-9/h2,4H,3,5-6H2,1H3,(H2,15,20)(H,17,21). The third-order valence-corrected chi connectivity index (χ3v) is 4.77. The molecule has 0 fully saturated rings. The van der Waals surface area contributed by atoms with E-state index in [1.807, 2.05) is 0 Å². The molecule has 0 aliphatic carbocycles. The molecule has 0 saturated heterocycles. The second-order valence-electron chi connectivity index (χ2n) is 5.09. The van der Waals surface area contributed by atoms with Gasteiger partial charge in [0.05, 0.1) is 18.3 Å². The number of fused-ring (bicyclic) bond motifs is 1. The average Bonchev–Trinajstić information content (AvgIpc) is 3.13. The van der Waals surface area contributed by atoms with Gasteiger partial charge in [-0.05, 0) is 12.0 Å². The van der Waals surface area contributed by atoms with Crippen LogP contribution in [-0.4, -0.2) is 34.3 Å². The molecule has 0 spiro atoms. The lowest BCUT2D eigenvalue weighted by Gasteiger charge is -2.25. The van der Waals surface area contributed by atoms with Crippen LogP contribution in [0.4, 0.5) is 5.00 Å². The second-order valence-corrected chi connectivity index (χ2v) is 6.20. The zero-order chi connectivity index (χ0) is 16.6. The topological polar surface area (TPSA) is 119 Å². The summed E-state index contributed by atoms with van der Waals surface area (Å²) in [6.45, 7) is 2.43. The molecule has 1 aliphatic heterocycles. The van der Waals surface area contributed by atoms with E-state index < -0.39 is 11.8 Å². The van der Waals surface area contributed by atoms with Crippen LogP contribution in [0.3, 0.4) is 0 Å². The van der Waals surface area contributed by atoms with Crippen LogP contribution in [-0.2, 0) is 17.8 Å². The van der Waals surface area contributed by atoms with Crippen molar-refractivity contribution in [3.63, 3.8) is 0 Å². The monoisotopic (exact) mass is 334 g/mol. The van der Waals surface area contributed by atoms with Gasteiger partial charge in [-0.25, -0.2) is 0 Å². The van der Waals surface area contributed by atoms with Crippen LogP contribution in [0.5, 0.6) is 0 Å². The molecule has 3 amide bonds. The maximum absolute atomic E-state index is 12.1. The van der Waals surface area contributed by atoms with E-state index in [1.54, 1.807) is 4.90 Å². The number of rotatable bonds is 3. The molecule has 0 aromatic carbocycles. The van der Waals surface area contributed by atoms with Gasteiger partial charge >= 0.3 is 0 Å². The van der Waals surface area contributed by atoms with E-state index in [1.165, 1.54) is 30.5 Å². The Labute approximate surface area is 135 Å². The predicted molar refractivity (Wildman–Crippen MR) is 82.1 cm³/mol. The molecule has 0 bridgehead atoms. The SMILES string of the molecule is CC(=O)N1CCc2c(sc(NC(=O)c3ccno3)c2C(N)=O)C1. The van der Waals surface area contributed by atoms with Crippen molar-refractivity contribution in [1.82, 2.24) is 10.1 Å². The van der Waals surface area contributed by atoms with Gasteiger partial charge in [0, 0.05) is 24.4 Å².